The fourth-order valence-corrected chi connectivity index (χ4v) is 12.9. The van der Waals surface area contributed by atoms with Gasteiger partial charge in [-0.15, -0.1) is 11.3 Å². The molecule has 0 aliphatic heterocycles. The topological polar surface area (TPSA) is 25.8 Å². The molecule has 0 fully saturated rings. The van der Waals surface area contributed by atoms with E-state index < -0.39 is 0 Å². The lowest BCUT2D eigenvalue weighted by molar-refractivity contribution is 1.19. The molecular formula is C68H40N2S. The van der Waals surface area contributed by atoms with Gasteiger partial charge in [-0.2, -0.15) is 0 Å². The van der Waals surface area contributed by atoms with Crippen molar-refractivity contribution in [3.8, 4) is 56.2 Å². The number of hydrogen-bond acceptors (Lipinski definition) is 3. The second-order valence-electron chi connectivity index (χ2n) is 18.7. The molecule has 0 saturated carbocycles. The van der Waals surface area contributed by atoms with E-state index in [1.807, 2.05) is 17.4 Å². The fourth-order valence-electron chi connectivity index (χ4n) is 11.8. The second-order valence-corrected chi connectivity index (χ2v) is 19.8. The minimum atomic E-state index is 0.705. The molecule has 0 unspecified atom stereocenters. The Morgan fingerprint density at radius 1 is 0.211 bits per heavy atom. The average Bonchev–Trinajstić information content (AvgIpc) is 3.80. The van der Waals surface area contributed by atoms with Gasteiger partial charge in [0, 0.05) is 36.9 Å². The van der Waals surface area contributed by atoms with E-state index in [0.717, 1.165) is 38.9 Å². The van der Waals surface area contributed by atoms with E-state index in [1.165, 1.54) is 107 Å². The molecule has 13 aromatic carbocycles. The van der Waals surface area contributed by atoms with Crippen LogP contribution in [0.3, 0.4) is 0 Å². The lowest BCUT2D eigenvalue weighted by Crippen LogP contribution is -1.98. The van der Waals surface area contributed by atoms with Gasteiger partial charge >= 0.3 is 0 Å². The Morgan fingerprint density at radius 2 is 0.592 bits per heavy atom. The van der Waals surface area contributed by atoms with E-state index in [1.54, 1.807) is 0 Å². The predicted molar refractivity (Wildman–Crippen MR) is 305 cm³/mol. The number of nitrogens with zero attached hydrogens (tertiary/aromatic N) is 2. The van der Waals surface area contributed by atoms with Crippen LogP contribution in [-0.4, -0.2) is 9.97 Å². The summed E-state index contributed by atoms with van der Waals surface area (Å²) < 4.78 is 2.61. The molecule has 0 aliphatic carbocycles. The van der Waals surface area contributed by atoms with Gasteiger partial charge < -0.3 is 0 Å². The summed E-state index contributed by atoms with van der Waals surface area (Å²) in [4.78, 5) is 10.6. The number of rotatable bonds is 5. The van der Waals surface area contributed by atoms with Crippen molar-refractivity contribution < 1.29 is 0 Å². The van der Waals surface area contributed by atoms with Gasteiger partial charge in [-0.05, 0) is 128 Å². The van der Waals surface area contributed by atoms with Crippen molar-refractivity contribution in [2.75, 3.05) is 0 Å². The van der Waals surface area contributed by atoms with Gasteiger partial charge in [0.1, 0.15) is 0 Å². The first-order chi connectivity index (χ1) is 35.2. The molecule has 0 spiro atoms. The SMILES string of the molecule is c1ccc(-c2cc(-c3c4ccccc4c(-c4c5ccccc5c(-c5ccc6sc7cc8c9ccccc9c9ccccc9c8cc7c6c5)c5ccccc45)c4ccccc34)nc(-c3ccccc3)n2)cc1. The van der Waals surface area contributed by atoms with Crippen LogP contribution in [0.15, 0.2) is 243 Å². The van der Waals surface area contributed by atoms with Crippen LogP contribution in [0, 0.1) is 0 Å². The quantitative estimate of drug-likeness (QED) is 0.127. The molecule has 0 N–H and O–H groups in total. The second kappa shape index (κ2) is 15.8. The van der Waals surface area contributed by atoms with Crippen LogP contribution in [-0.2, 0) is 0 Å². The van der Waals surface area contributed by atoms with Gasteiger partial charge in [0.15, 0.2) is 5.82 Å². The van der Waals surface area contributed by atoms with Crippen LogP contribution < -0.4 is 0 Å². The molecule has 0 amide bonds. The van der Waals surface area contributed by atoms with E-state index in [-0.39, 0.29) is 0 Å². The first-order valence-electron chi connectivity index (χ1n) is 24.3. The molecule has 0 saturated heterocycles. The Kier molecular flexibility index (Phi) is 8.86. The van der Waals surface area contributed by atoms with Crippen LogP contribution in [0.4, 0.5) is 0 Å². The normalized spacial score (nSPS) is 11.9. The summed E-state index contributed by atoms with van der Waals surface area (Å²) in [7, 11) is 0. The highest BCUT2D eigenvalue weighted by Gasteiger charge is 2.24. The van der Waals surface area contributed by atoms with Crippen molar-refractivity contribution in [2.45, 2.75) is 0 Å². The number of fused-ring (bicyclic) bond motifs is 13. The third-order valence-corrected chi connectivity index (χ3v) is 16.0. The highest BCUT2D eigenvalue weighted by molar-refractivity contribution is 7.25. The van der Waals surface area contributed by atoms with E-state index in [0.29, 0.717) is 5.82 Å². The van der Waals surface area contributed by atoms with Crippen molar-refractivity contribution in [2.24, 2.45) is 0 Å². The number of benzene rings is 13. The third kappa shape index (κ3) is 6.13. The molecule has 2 heterocycles. The first-order valence-corrected chi connectivity index (χ1v) is 25.1. The molecule has 3 heteroatoms. The van der Waals surface area contributed by atoms with Crippen molar-refractivity contribution in [1.82, 2.24) is 9.97 Å². The van der Waals surface area contributed by atoms with Crippen molar-refractivity contribution in [1.29, 1.82) is 0 Å². The minimum Gasteiger partial charge on any atom is -0.228 e. The van der Waals surface area contributed by atoms with E-state index in [4.69, 9.17) is 9.97 Å². The summed E-state index contributed by atoms with van der Waals surface area (Å²) >= 11 is 1.89. The molecule has 0 atom stereocenters. The van der Waals surface area contributed by atoms with Gasteiger partial charge in [0.2, 0.25) is 0 Å². The maximum absolute atomic E-state index is 5.41. The van der Waals surface area contributed by atoms with Crippen LogP contribution >= 0.6 is 11.3 Å². The van der Waals surface area contributed by atoms with E-state index in [9.17, 15) is 0 Å². The Labute approximate surface area is 413 Å². The molecule has 0 radical (unpaired) electrons. The zero-order valence-corrected chi connectivity index (χ0v) is 39.2. The Hall–Kier alpha value is -9.02. The molecule has 0 bridgehead atoms. The Balaban J connectivity index is 0.988. The summed E-state index contributed by atoms with van der Waals surface area (Å²) in [5.41, 5.74) is 9.87. The van der Waals surface area contributed by atoms with Crippen molar-refractivity contribution >= 4 is 107 Å². The first kappa shape index (κ1) is 39.9. The van der Waals surface area contributed by atoms with Crippen molar-refractivity contribution in [3.05, 3.63) is 243 Å². The zero-order valence-electron chi connectivity index (χ0n) is 38.4. The summed E-state index contributed by atoms with van der Waals surface area (Å²) in [6, 6.07) is 88.8. The summed E-state index contributed by atoms with van der Waals surface area (Å²) in [6.07, 6.45) is 0. The fraction of sp³-hybridized carbons (Fsp3) is 0. The maximum Gasteiger partial charge on any atom is 0.160 e. The molecule has 15 aromatic rings. The average molecular weight is 917 g/mol. The molecule has 2 aromatic heterocycles. The highest BCUT2D eigenvalue weighted by Crippen LogP contribution is 2.51. The lowest BCUT2D eigenvalue weighted by atomic mass is 9.81. The van der Waals surface area contributed by atoms with Gasteiger partial charge in [0.05, 0.1) is 11.4 Å². The van der Waals surface area contributed by atoms with Crippen LogP contribution in [0.25, 0.3) is 152 Å². The summed E-state index contributed by atoms with van der Waals surface area (Å²) in [5, 5.41) is 20.0. The van der Waals surface area contributed by atoms with Crippen LogP contribution in [0.5, 0.6) is 0 Å². The highest BCUT2D eigenvalue weighted by atomic mass is 32.1. The van der Waals surface area contributed by atoms with Gasteiger partial charge in [-0.25, -0.2) is 9.97 Å². The van der Waals surface area contributed by atoms with Crippen molar-refractivity contribution in [3.63, 3.8) is 0 Å². The van der Waals surface area contributed by atoms with Crippen LogP contribution in [0.1, 0.15) is 0 Å². The summed E-state index contributed by atoms with van der Waals surface area (Å²) in [5.74, 6) is 0.705. The number of thiophene rings is 1. The monoisotopic (exact) mass is 916 g/mol. The smallest absolute Gasteiger partial charge is 0.160 e. The number of hydrogen-bond donors (Lipinski definition) is 0. The minimum absolute atomic E-state index is 0.705. The predicted octanol–water partition coefficient (Wildman–Crippen LogP) is 19.3. The van der Waals surface area contributed by atoms with Gasteiger partial charge in [-0.1, -0.05) is 212 Å². The Bertz CT molecular complexity index is 4520. The molecule has 328 valence electrons. The maximum atomic E-state index is 5.41. The molecule has 2 nitrogen and oxygen atoms in total. The van der Waals surface area contributed by atoms with E-state index >= 15 is 0 Å². The summed E-state index contributed by atoms with van der Waals surface area (Å²) in [6.45, 7) is 0. The lowest BCUT2D eigenvalue weighted by Gasteiger charge is -2.22. The largest absolute Gasteiger partial charge is 0.228 e. The molecule has 15 rings (SSSR count). The third-order valence-electron chi connectivity index (χ3n) is 14.8. The molecule has 71 heavy (non-hydrogen) atoms. The Morgan fingerprint density at radius 3 is 1.10 bits per heavy atom. The van der Waals surface area contributed by atoms with Crippen LogP contribution in [0.2, 0.25) is 0 Å². The van der Waals surface area contributed by atoms with Gasteiger partial charge in [0.25, 0.3) is 0 Å². The van der Waals surface area contributed by atoms with Gasteiger partial charge in [-0.3, -0.25) is 0 Å². The van der Waals surface area contributed by atoms with E-state index in [2.05, 4.69) is 237 Å². The standard InChI is InChI=1S/C68H40N2S/c1-3-19-41(20-4-1)60-40-61(70-68(69-60)42-21-5-2-6-22-42)65-50-29-13-17-33-54(50)67(55-34-18-14-30-51(55)65)66-52-31-15-11-27-48(52)64(49-28-12-16-32-53(49)66)43-35-36-62-58(37-43)59-38-56-46-25-9-7-23-44(46)45-24-8-10-26-47(45)57(56)39-63(59)71-62/h1-40H. The molecule has 0 aliphatic rings. The number of aromatic nitrogens is 2. The zero-order chi connectivity index (χ0) is 46.6. The molecular weight excluding hydrogens is 877 g/mol.